The zero-order chi connectivity index (χ0) is 19.2. The van der Waals surface area contributed by atoms with Gasteiger partial charge in [-0.25, -0.2) is 0 Å². The Kier molecular flexibility index (Phi) is 6.08. The minimum absolute atomic E-state index is 0.00164. The van der Waals surface area contributed by atoms with Gasteiger partial charge in [0.25, 0.3) is 5.91 Å². The number of carbonyl (C=O) groups excluding carboxylic acids is 1. The van der Waals surface area contributed by atoms with Crippen LogP contribution in [-0.4, -0.2) is 27.6 Å². The maximum Gasteiger partial charge on any atom is 0.264 e. The number of para-hydroxylation sites is 1. The van der Waals surface area contributed by atoms with E-state index in [0.717, 1.165) is 22.6 Å². The lowest BCUT2D eigenvalue weighted by molar-refractivity contribution is 0.0786. The highest BCUT2D eigenvalue weighted by Crippen LogP contribution is 2.23. The van der Waals surface area contributed by atoms with Crippen LogP contribution in [0.25, 0.3) is 6.08 Å². The predicted octanol–water partition coefficient (Wildman–Crippen LogP) is 4.37. The van der Waals surface area contributed by atoms with Crippen molar-refractivity contribution in [3.05, 3.63) is 75.7 Å². The number of allylic oxidation sites excluding steroid dienone is 1. The lowest BCUT2D eigenvalue weighted by atomic mass is 10.2. The lowest BCUT2D eigenvalue weighted by Gasteiger charge is -2.16. The molecule has 0 unspecified atom stereocenters. The summed E-state index contributed by atoms with van der Waals surface area (Å²) in [6.07, 6.45) is 5.74. The van der Waals surface area contributed by atoms with Crippen LogP contribution in [-0.2, 0) is 20.2 Å². The van der Waals surface area contributed by atoms with Crippen molar-refractivity contribution < 1.29 is 9.53 Å². The van der Waals surface area contributed by atoms with Crippen molar-refractivity contribution >= 4 is 23.3 Å². The predicted molar refractivity (Wildman–Crippen MR) is 109 cm³/mol. The molecule has 140 valence electrons. The number of amides is 1. The quantitative estimate of drug-likeness (QED) is 0.611. The van der Waals surface area contributed by atoms with E-state index in [9.17, 15) is 4.79 Å². The molecule has 0 saturated heterocycles. The number of benzene rings is 1. The first-order valence-electron chi connectivity index (χ1n) is 8.72. The van der Waals surface area contributed by atoms with Crippen molar-refractivity contribution in [1.29, 1.82) is 0 Å². The van der Waals surface area contributed by atoms with Gasteiger partial charge in [0.05, 0.1) is 17.1 Å². The van der Waals surface area contributed by atoms with Crippen LogP contribution in [0.4, 0.5) is 0 Å². The normalized spacial score (nSPS) is 11.1. The van der Waals surface area contributed by atoms with Gasteiger partial charge in [-0.3, -0.25) is 9.48 Å². The van der Waals surface area contributed by atoms with E-state index in [1.165, 1.54) is 11.3 Å². The minimum atomic E-state index is 0.00164. The number of hydrogen-bond donors (Lipinski definition) is 0. The molecule has 6 heteroatoms. The molecule has 0 radical (unpaired) electrons. The van der Waals surface area contributed by atoms with E-state index in [1.807, 2.05) is 67.9 Å². The van der Waals surface area contributed by atoms with Gasteiger partial charge in [0.2, 0.25) is 0 Å². The van der Waals surface area contributed by atoms with Crippen LogP contribution in [0, 0.1) is 0 Å². The van der Waals surface area contributed by atoms with Gasteiger partial charge >= 0.3 is 0 Å². The summed E-state index contributed by atoms with van der Waals surface area (Å²) in [7, 11) is 3.68. The van der Waals surface area contributed by atoms with Crippen LogP contribution in [0.3, 0.4) is 0 Å². The number of hydrogen-bond acceptors (Lipinski definition) is 4. The summed E-state index contributed by atoms with van der Waals surface area (Å²) in [5, 5.41) is 6.11. The highest BCUT2D eigenvalue weighted by Gasteiger charge is 2.16. The molecule has 5 nitrogen and oxygen atoms in total. The number of ether oxygens (including phenoxy) is 1. The van der Waals surface area contributed by atoms with Gasteiger partial charge in [0, 0.05) is 31.4 Å². The zero-order valence-corrected chi connectivity index (χ0v) is 16.6. The zero-order valence-electron chi connectivity index (χ0n) is 15.8. The van der Waals surface area contributed by atoms with Gasteiger partial charge in [-0.1, -0.05) is 30.4 Å². The molecule has 1 amide bonds. The minimum Gasteiger partial charge on any atom is -0.488 e. The van der Waals surface area contributed by atoms with Crippen LogP contribution in [0.2, 0.25) is 0 Å². The van der Waals surface area contributed by atoms with E-state index >= 15 is 0 Å². The van der Waals surface area contributed by atoms with Crippen molar-refractivity contribution in [3.8, 4) is 5.75 Å². The first-order valence-corrected chi connectivity index (χ1v) is 9.60. The lowest BCUT2D eigenvalue weighted by Crippen LogP contribution is -2.26. The molecule has 0 atom stereocenters. The fraction of sp³-hybridized carbons (Fsp3) is 0.238. The largest absolute Gasteiger partial charge is 0.488 e. The van der Waals surface area contributed by atoms with Crippen molar-refractivity contribution in [2.75, 3.05) is 7.05 Å². The molecule has 0 fully saturated rings. The Morgan fingerprint density at radius 3 is 2.89 bits per heavy atom. The summed E-state index contributed by atoms with van der Waals surface area (Å²) in [6.45, 7) is 2.94. The molecule has 0 N–H and O–H groups in total. The Morgan fingerprint density at radius 2 is 2.15 bits per heavy atom. The highest BCUT2D eigenvalue weighted by molar-refractivity contribution is 7.12. The summed E-state index contributed by atoms with van der Waals surface area (Å²) in [6, 6.07) is 11.7. The third-order valence-corrected chi connectivity index (χ3v) is 5.16. The average Bonchev–Trinajstić information content (AvgIpc) is 3.30. The van der Waals surface area contributed by atoms with Gasteiger partial charge in [-0.05, 0) is 30.5 Å². The molecule has 0 aliphatic carbocycles. The van der Waals surface area contributed by atoms with Gasteiger partial charge in [-0.15, -0.1) is 11.3 Å². The molecule has 0 aliphatic rings. The Balaban J connectivity index is 1.63. The highest BCUT2D eigenvalue weighted by atomic mass is 32.1. The fourth-order valence-electron chi connectivity index (χ4n) is 2.71. The molecule has 3 rings (SSSR count). The first kappa shape index (κ1) is 18.9. The number of carbonyl (C=O) groups is 1. The fourth-order valence-corrected chi connectivity index (χ4v) is 3.60. The topological polar surface area (TPSA) is 47.4 Å². The van der Waals surface area contributed by atoms with E-state index in [4.69, 9.17) is 4.74 Å². The molecule has 2 heterocycles. The van der Waals surface area contributed by atoms with Crippen molar-refractivity contribution in [2.24, 2.45) is 7.05 Å². The smallest absolute Gasteiger partial charge is 0.264 e. The van der Waals surface area contributed by atoms with Crippen molar-refractivity contribution in [3.63, 3.8) is 0 Å². The summed E-state index contributed by atoms with van der Waals surface area (Å²) in [4.78, 5) is 15.1. The second-order valence-electron chi connectivity index (χ2n) is 6.25. The van der Waals surface area contributed by atoms with Gasteiger partial charge < -0.3 is 9.64 Å². The molecule has 0 bridgehead atoms. The Hall–Kier alpha value is -2.86. The van der Waals surface area contributed by atoms with Crippen molar-refractivity contribution in [2.45, 2.75) is 20.1 Å². The number of rotatable bonds is 7. The second-order valence-corrected chi connectivity index (χ2v) is 7.16. The summed E-state index contributed by atoms with van der Waals surface area (Å²) in [5.41, 5.74) is 3.03. The number of aryl methyl sites for hydroxylation is 1. The number of nitrogens with zero attached hydrogens (tertiary/aromatic N) is 3. The van der Waals surface area contributed by atoms with E-state index in [1.54, 1.807) is 22.8 Å². The summed E-state index contributed by atoms with van der Waals surface area (Å²) >= 11 is 1.44. The molecule has 1 aromatic carbocycles. The molecule has 0 aliphatic heterocycles. The Bertz CT molecular complexity index is 942. The van der Waals surface area contributed by atoms with Crippen LogP contribution in [0.5, 0.6) is 5.75 Å². The third kappa shape index (κ3) is 4.65. The van der Waals surface area contributed by atoms with Gasteiger partial charge in [0.1, 0.15) is 12.4 Å². The van der Waals surface area contributed by atoms with Gasteiger partial charge in [-0.2, -0.15) is 5.10 Å². The number of aromatic nitrogens is 2. The second kappa shape index (κ2) is 8.68. The summed E-state index contributed by atoms with van der Waals surface area (Å²) in [5.74, 6) is 0.838. The number of thiophene rings is 1. The first-order chi connectivity index (χ1) is 13.1. The molecular formula is C21H23N3O2S. The van der Waals surface area contributed by atoms with Crippen LogP contribution >= 0.6 is 11.3 Å². The Labute approximate surface area is 163 Å². The molecule has 0 saturated carbocycles. The molecule has 27 heavy (non-hydrogen) atoms. The Morgan fingerprint density at radius 1 is 1.33 bits per heavy atom. The average molecular weight is 382 g/mol. The maximum atomic E-state index is 12.7. The third-order valence-electron chi connectivity index (χ3n) is 4.19. The standard InChI is InChI=1S/C21H23N3O2S/c1-4-7-17-8-5-6-9-19(17)26-14-16-12-20(27-15-16)21(25)23(2)13-18-10-11-22-24(18)3/h4-12,15H,13-14H2,1-3H3/b7-4+. The molecule has 2 aromatic heterocycles. The van der Waals surface area contributed by atoms with Crippen LogP contribution in [0.1, 0.15) is 33.4 Å². The van der Waals surface area contributed by atoms with Gasteiger partial charge in [0.15, 0.2) is 0 Å². The van der Waals surface area contributed by atoms with Crippen LogP contribution in [0.15, 0.2) is 54.1 Å². The molecular weight excluding hydrogens is 358 g/mol. The maximum absolute atomic E-state index is 12.7. The van der Waals surface area contributed by atoms with E-state index in [-0.39, 0.29) is 5.91 Å². The van der Waals surface area contributed by atoms with E-state index in [2.05, 4.69) is 5.10 Å². The monoisotopic (exact) mass is 381 g/mol. The SMILES string of the molecule is C/C=C/c1ccccc1OCc1csc(C(=O)N(C)Cc2ccnn2C)c1. The molecule has 0 spiro atoms. The van der Waals surface area contributed by atoms with E-state index < -0.39 is 0 Å². The van der Waals surface area contributed by atoms with E-state index in [0.29, 0.717) is 18.0 Å². The van der Waals surface area contributed by atoms with Crippen LogP contribution < -0.4 is 4.74 Å². The summed E-state index contributed by atoms with van der Waals surface area (Å²) < 4.78 is 7.73. The van der Waals surface area contributed by atoms with Crippen molar-refractivity contribution in [1.82, 2.24) is 14.7 Å². The molecule has 3 aromatic rings.